The molecule has 9 nitrogen and oxygen atoms in total. The molecule has 0 aromatic heterocycles. The molecule has 4 atom stereocenters. The fourth-order valence-electron chi connectivity index (χ4n) is 8.44. The van der Waals surface area contributed by atoms with E-state index in [-0.39, 0.29) is 23.0 Å². The third-order valence-electron chi connectivity index (χ3n) is 11.5. The average Bonchev–Trinajstić information content (AvgIpc) is 3.21. The van der Waals surface area contributed by atoms with E-state index >= 15 is 0 Å². The lowest BCUT2D eigenvalue weighted by molar-refractivity contribution is -0.139. The van der Waals surface area contributed by atoms with Crippen LogP contribution in [0.25, 0.3) is 0 Å². The number of halogens is 1. The summed E-state index contributed by atoms with van der Waals surface area (Å²) >= 11 is 6.46. The normalized spacial score (nSPS) is 30.6. The zero-order chi connectivity index (χ0) is 34.2. The minimum Gasteiger partial charge on any atom is -0.490 e. The lowest BCUT2D eigenvalue weighted by Gasteiger charge is -2.46. The summed E-state index contributed by atoms with van der Waals surface area (Å²) < 4.78 is 48.8. The molecule has 7 rings (SSSR count). The van der Waals surface area contributed by atoms with Gasteiger partial charge in [0.25, 0.3) is 15.9 Å². The van der Waals surface area contributed by atoms with Crippen LogP contribution in [-0.2, 0) is 36.1 Å². The molecular formula is C38H50ClN3O6S. The molecule has 2 aromatic rings. The minimum atomic E-state index is -4.19. The van der Waals surface area contributed by atoms with Gasteiger partial charge in [0.2, 0.25) is 0 Å². The van der Waals surface area contributed by atoms with Crippen LogP contribution in [0.15, 0.2) is 53.4 Å². The predicted octanol–water partition coefficient (Wildman–Crippen LogP) is 5.88. The van der Waals surface area contributed by atoms with Crippen molar-refractivity contribution in [3.8, 4) is 5.75 Å². The van der Waals surface area contributed by atoms with Crippen LogP contribution < -0.4 is 14.4 Å². The van der Waals surface area contributed by atoms with Crippen molar-refractivity contribution in [2.45, 2.75) is 87.2 Å². The summed E-state index contributed by atoms with van der Waals surface area (Å²) in [5.74, 6) is 0.569. The summed E-state index contributed by atoms with van der Waals surface area (Å²) in [5.41, 5.74) is 1.60. The van der Waals surface area contributed by atoms with Gasteiger partial charge in [0.05, 0.1) is 36.5 Å². The van der Waals surface area contributed by atoms with Gasteiger partial charge in [-0.1, -0.05) is 36.2 Å². The van der Waals surface area contributed by atoms with E-state index in [1.807, 2.05) is 12.1 Å². The molecular weight excluding hydrogens is 662 g/mol. The van der Waals surface area contributed by atoms with Gasteiger partial charge in [-0.05, 0) is 125 Å². The molecule has 1 N–H and O–H groups in total. The van der Waals surface area contributed by atoms with Gasteiger partial charge < -0.3 is 24.0 Å². The first-order valence-corrected chi connectivity index (χ1v) is 19.9. The smallest absolute Gasteiger partial charge is 0.265 e. The summed E-state index contributed by atoms with van der Waals surface area (Å²) in [5, 5.41) is 0.737. The number of hydrogen-bond acceptors (Lipinski definition) is 8. The molecule has 1 amide bonds. The van der Waals surface area contributed by atoms with Crippen LogP contribution in [0.2, 0.25) is 5.02 Å². The first kappa shape index (κ1) is 34.8. The predicted molar refractivity (Wildman–Crippen MR) is 191 cm³/mol. The summed E-state index contributed by atoms with van der Waals surface area (Å²) in [4.78, 5) is 18.2. The van der Waals surface area contributed by atoms with Crippen molar-refractivity contribution in [1.29, 1.82) is 0 Å². The molecule has 3 heterocycles. The van der Waals surface area contributed by atoms with E-state index in [9.17, 15) is 13.2 Å². The minimum absolute atomic E-state index is 0.0202. The number of sulfonamides is 1. The van der Waals surface area contributed by atoms with Crippen LogP contribution in [0.4, 0.5) is 5.69 Å². The number of hydrogen-bond donors (Lipinski definition) is 1. The van der Waals surface area contributed by atoms with Gasteiger partial charge >= 0.3 is 0 Å². The van der Waals surface area contributed by atoms with E-state index in [1.54, 1.807) is 26.0 Å². The van der Waals surface area contributed by atoms with Gasteiger partial charge in [-0.3, -0.25) is 4.79 Å². The maximum absolute atomic E-state index is 13.6. The van der Waals surface area contributed by atoms with Gasteiger partial charge in [0.1, 0.15) is 11.4 Å². The quantitative estimate of drug-likeness (QED) is 0.393. The third-order valence-corrected chi connectivity index (χ3v) is 13.0. The number of benzene rings is 2. The summed E-state index contributed by atoms with van der Waals surface area (Å²) in [6.07, 6.45) is 12.8. The molecule has 5 aliphatic rings. The number of carbonyl (C=O) groups is 1. The van der Waals surface area contributed by atoms with Crippen LogP contribution in [0.3, 0.4) is 0 Å². The Morgan fingerprint density at radius 1 is 1.06 bits per heavy atom. The molecule has 2 fully saturated rings. The second kappa shape index (κ2) is 14.2. The maximum Gasteiger partial charge on any atom is 0.265 e. The highest BCUT2D eigenvalue weighted by molar-refractivity contribution is 7.90. The van der Waals surface area contributed by atoms with Gasteiger partial charge in [0, 0.05) is 30.1 Å². The van der Waals surface area contributed by atoms with Gasteiger partial charge in [0.15, 0.2) is 0 Å². The van der Waals surface area contributed by atoms with E-state index < -0.39 is 21.5 Å². The lowest BCUT2D eigenvalue weighted by atomic mass is 9.68. The van der Waals surface area contributed by atoms with Crippen molar-refractivity contribution < 1.29 is 27.4 Å². The van der Waals surface area contributed by atoms with Crippen molar-refractivity contribution in [2.24, 2.45) is 11.8 Å². The number of likely N-dealkylation sites (tertiary alicyclic amines) is 1. The van der Waals surface area contributed by atoms with E-state index in [1.165, 1.54) is 36.5 Å². The number of aryl methyl sites for hydroxylation is 1. The standard InChI is InChI=1S/C38H50ClN3O6S/c1-37(2)36(43)40-49(44,45)30-12-15-35-33(23-30)42(25-38(26-47-35)16-6-8-27-22-29(39)11-14-32(27)38)24-28-10-13-31(28)34(9-7-20-48-37)46-21-19-41-17-4-3-5-18-41/h7,9,11-12,14-15,22-23,28,31,34H,3-6,8,10,13,16-21,24-26H2,1-2H3,(H,40,43)/b9-7-/t28-,31+,34-,38-/m0/s1. The fraction of sp³-hybridized carbons (Fsp3) is 0.605. The number of nitrogens with zero attached hydrogens (tertiary/aromatic N) is 2. The van der Waals surface area contributed by atoms with Crippen molar-refractivity contribution in [1.82, 2.24) is 9.62 Å². The highest BCUT2D eigenvalue weighted by atomic mass is 35.5. The van der Waals surface area contributed by atoms with Gasteiger partial charge in [-0.2, -0.15) is 0 Å². The molecule has 49 heavy (non-hydrogen) atoms. The monoisotopic (exact) mass is 711 g/mol. The Morgan fingerprint density at radius 2 is 1.90 bits per heavy atom. The van der Waals surface area contributed by atoms with E-state index in [0.717, 1.165) is 69.0 Å². The average molecular weight is 712 g/mol. The Morgan fingerprint density at radius 3 is 2.69 bits per heavy atom. The molecule has 3 aliphatic heterocycles. The Labute approximate surface area is 296 Å². The second-order valence-electron chi connectivity index (χ2n) is 15.2. The van der Waals surface area contributed by atoms with Crippen molar-refractivity contribution in [3.05, 3.63) is 64.7 Å². The first-order valence-electron chi connectivity index (χ1n) is 18.1. The second-order valence-corrected chi connectivity index (χ2v) is 17.3. The Kier molecular flexibility index (Phi) is 10.1. The van der Waals surface area contributed by atoms with Crippen LogP contribution in [0, 0.1) is 11.8 Å². The summed E-state index contributed by atoms with van der Waals surface area (Å²) in [7, 11) is -4.19. The Bertz CT molecular complexity index is 1680. The van der Waals surface area contributed by atoms with Crippen molar-refractivity contribution in [2.75, 3.05) is 57.4 Å². The molecule has 266 valence electrons. The third kappa shape index (κ3) is 7.40. The van der Waals surface area contributed by atoms with Crippen LogP contribution in [0.5, 0.6) is 5.75 Å². The summed E-state index contributed by atoms with van der Waals surface area (Å²) in [6, 6.07) is 11.2. The number of fused-ring (bicyclic) bond motifs is 4. The highest BCUT2D eigenvalue weighted by Gasteiger charge is 2.45. The van der Waals surface area contributed by atoms with Gasteiger partial charge in [-0.25, -0.2) is 13.1 Å². The number of nitrogens with one attached hydrogen (secondary N) is 1. The number of ether oxygens (including phenoxy) is 3. The zero-order valence-corrected chi connectivity index (χ0v) is 30.4. The molecule has 2 aromatic carbocycles. The number of rotatable bonds is 4. The van der Waals surface area contributed by atoms with Crippen LogP contribution in [-0.4, -0.2) is 83.5 Å². The molecule has 2 aliphatic carbocycles. The lowest BCUT2D eigenvalue weighted by Crippen LogP contribution is -2.50. The maximum atomic E-state index is 13.6. The first-order chi connectivity index (χ1) is 23.5. The molecule has 0 radical (unpaired) electrons. The van der Waals surface area contributed by atoms with Crippen LogP contribution in [0.1, 0.15) is 69.9 Å². The molecule has 1 saturated carbocycles. The number of anilines is 1. The number of piperidine rings is 1. The highest BCUT2D eigenvalue weighted by Crippen LogP contribution is 2.47. The molecule has 1 spiro atoms. The molecule has 2 bridgehead atoms. The fourth-order valence-corrected chi connectivity index (χ4v) is 9.75. The van der Waals surface area contributed by atoms with Crippen molar-refractivity contribution >= 4 is 33.2 Å². The van der Waals surface area contributed by atoms with E-state index in [2.05, 4.69) is 32.7 Å². The van der Waals surface area contributed by atoms with Crippen LogP contribution >= 0.6 is 11.6 Å². The van der Waals surface area contributed by atoms with Crippen molar-refractivity contribution in [3.63, 3.8) is 0 Å². The molecule has 1 saturated heterocycles. The Hall–Kier alpha value is -2.63. The summed E-state index contributed by atoms with van der Waals surface area (Å²) in [6.45, 7) is 9.10. The number of carbonyl (C=O) groups excluding carboxylic acids is 1. The van der Waals surface area contributed by atoms with E-state index in [4.69, 9.17) is 25.8 Å². The topological polar surface area (TPSA) is 97.4 Å². The zero-order valence-electron chi connectivity index (χ0n) is 28.8. The Balaban J connectivity index is 1.24. The van der Waals surface area contributed by atoms with E-state index in [0.29, 0.717) is 37.3 Å². The van der Waals surface area contributed by atoms with Gasteiger partial charge in [-0.15, -0.1) is 0 Å². The molecule has 11 heteroatoms. The SMILES string of the molecule is CC1(C)OC/C=C\[C@H](OCCN2CCCCC2)[C@@H]2CC[C@H]2CN2C[C@@]3(CCCc4cc(Cl)ccc43)COc3ccc(cc32)S(=O)(=O)NC1=O. The number of amides is 1. The largest absolute Gasteiger partial charge is 0.490 e. The molecule has 0 unspecified atom stereocenters.